The van der Waals surface area contributed by atoms with Crippen LogP contribution in [0.15, 0.2) is 60.7 Å². The van der Waals surface area contributed by atoms with Crippen LogP contribution in [0.2, 0.25) is 5.02 Å². The number of hydrogen-bond donors (Lipinski definition) is 0. The first kappa shape index (κ1) is 20.0. The second-order valence-corrected chi connectivity index (χ2v) is 8.26. The minimum Gasteiger partial charge on any atom is -0.369 e. The normalized spacial score (nSPS) is 20.9. The Bertz CT molecular complexity index is 846. The van der Waals surface area contributed by atoms with Crippen LogP contribution in [-0.4, -0.2) is 61.0 Å². The zero-order valence-corrected chi connectivity index (χ0v) is 17.5. The fraction of sp³-hybridized carbons (Fsp3) is 0.375. The molecule has 2 fully saturated rings. The molecule has 2 aliphatic heterocycles. The van der Waals surface area contributed by atoms with E-state index in [1.165, 1.54) is 12.1 Å². The molecule has 2 aromatic rings. The molecule has 2 heterocycles. The number of carbonyl (C=O) groups is 1. The Balaban J connectivity index is 1.31. The summed E-state index contributed by atoms with van der Waals surface area (Å²) in [6, 6.07) is 18.7. The summed E-state index contributed by atoms with van der Waals surface area (Å²) < 4.78 is 0. The summed E-state index contributed by atoms with van der Waals surface area (Å²) in [5, 5.41) is 0.687. The molecule has 0 saturated carbocycles. The van der Waals surface area contributed by atoms with Crippen molar-refractivity contribution in [2.75, 3.05) is 44.2 Å². The van der Waals surface area contributed by atoms with Crippen molar-refractivity contribution in [2.45, 2.75) is 18.9 Å². The molecule has 0 spiro atoms. The maximum absolute atomic E-state index is 12.7. The van der Waals surface area contributed by atoms with E-state index in [1.54, 1.807) is 6.08 Å². The van der Waals surface area contributed by atoms with E-state index in [-0.39, 0.29) is 5.91 Å². The van der Waals surface area contributed by atoms with Crippen molar-refractivity contribution in [1.82, 2.24) is 9.80 Å². The van der Waals surface area contributed by atoms with E-state index in [9.17, 15) is 4.79 Å². The first-order chi connectivity index (χ1) is 14.2. The second-order valence-electron chi connectivity index (χ2n) is 7.83. The van der Waals surface area contributed by atoms with Crippen LogP contribution in [0.3, 0.4) is 0 Å². The Morgan fingerprint density at radius 1 is 0.966 bits per heavy atom. The molecule has 2 aliphatic rings. The monoisotopic (exact) mass is 409 g/mol. The van der Waals surface area contributed by atoms with Crippen LogP contribution < -0.4 is 4.90 Å². The number of benzene rings is 2. The van der Waals surface area contributed by atoms with E-state index in [1.807, 2.05) is 35.2 Å². The molecule has 4 nitrogen and oxygen atoms in total. The van der Waals surface area contributed by atoms with E-state index >= 15 is 0 Å². The van der Waals surface area contributed by atoms with Gasteiger partial charge in [0.05, 0.1) is 0 Å². The standard InChI is InChI=1S/C24H28ClN3O/c25-21-7-4-6-20(18-21)11-12-24(29)28-13-5-10-23(19-28)27-16-14-26(15-17-27)22-8-2-1-3-9-22/h1-4,6-9,11-12,18,23H,5,10,13-17,19H2/b12-11+/t23-/m1/s1. The van der Waals surface area contributed by atoms with Crippen LogP contribution in [0.4, 0.5) is 5.69 Å². The van der Waals surface area contributed by atoms with Gasteiger partial charge in [0, 0.05) is 62.1 Å². The third-order valence-corrected chi connectivity index (χ3v) is 6.16. The summed E-state index contributed by atoms with van der Waals surface area (Å²) >= 11 is 6.03. The van der Waals surface area contributed by atoms with Crippen LogP contribution in [0, 0.1) is 0 Å². The number of halogens is 1. The van der Waals surface area contributed by atoms with E-state index in [0.29, 0.717) is 11.1 Å². The van der Waals surface area contributed by atoms with Gasteiger partial charge in [-0.25, -0.2) is 0 Å². The van der Waals surface area contributed by atoms with Gasteiger partial charge in [-0.3, -0.25) is 9.69 Å². The number of piperazine rings is 1. The average Bonchev–Trinajstić information content (AvgIpc) is 2.78. The highest BCUT2D eigenvalue weighted by molar-refractivity contribution is 6.30. The topological polar surface area (TPSA) is 26.8 Å². The Morgan fingerprint density at radius 2 is 1.76 bits per heavy atom. The maximum atomic E-state index is 12.7. The average molecular weight is 410 g/mol. The molecule has 152 valence electrons. The molecule has 5 heteroatoms. The van der Waals surface area contributed by atoms with E-state index in [4.69, 9.17) is 11.6 Å². The molecule has 2 aromatic carbocycles. The molecule has 1 atom stereocenters. The van der Waals surface area contributed by atoms with Crippen molar-refractivity contribution >= 4 is 29.3 Å². The number of piperidine rings is 1. The number of rotatable bonds is 4. The van der Waals surface area contributed by atoms with Gasteiger partial charge < -0.3 is 9.80 Å². The van der Waals surface area contributed by atoms with Gasteiger partial charge in [0.2, 0.25) is 5.91 Å². The number of likely N-dealkylation sites (tertiary alicyclic amines) is 1. The van der Waals surface area contributed by atoms with Crippen LogP contribution in [0.5, 0.6) is 0 Å². The quantitative estimate of drug-likeness (QED) is 0.709. The number of carbonyl (C=O) groups excluding carboxylic acids is 1. The highest BCUT2D eigenvalue weighted by atomic mass is 35.5. The number of para-hydroxylation sites is 1. The van der Waals surface area contributed by atoms with Gasteiger partial charge in [0.1, 0.15) is 0 Å². The van der Waals surface area contributed by atoms with E-state index in [2.05, 4.69) is 40.1 Å². The van der Waals surface area contributed by atoms with Gasteiger partial charge in [-0.15, -0.1) is 0 Å². The largest absolute Gasteiger partial charge is 0.369 e. The third kappa shape index (κ3) is 5.20. The lowest BCUT2D eigenvalue weighted by atomic mass is 10.0. The molecule has 0 aliphatic carbocycles. The molecule has 2 saturated heterocycles. The lowest BCUT2D eigenvalue weighted by molar-refractivity contribution is -0.128. The maximum Gasteiger partial charge on any atom is 0.246 e. The smallest absolute Gasteiger partial charge is 0.246 e. The molecule has 1 amide bonds. The first-order valence-electron chi connectivity index (χ1n) is 10.5. The summed E-state index contributed by atoms with van der Waals surface area (Å²) in [4.78, 5) is 19.7. The van der Waals surface area contributed by atoms with Crippen molar-refractivity contribution < 1.29 is 4.79 Å². The Morgan fingerprint density at radius 3 is 2.52 bits per heavy atom. The van der Waals surface area contributed by atoms with E-state index < -0.39 is 0 Å². The minimum atomic E-state index is 0.0950. The zero-order valence-electron chi connectivity index (χ0n) is 16.7. The fourth-order valence-electron chi connectivity index (χ4n) is 4.32. The lowest BCUT2D eigenvalue weighted by Crippen LogP contribution is -2.55. The molecule has 0 bridgehead atoms. The van der Waals surface area contributed by atoms with Crippen molar-refractivity contribution in [1.29, 1.82) is 0 Å². The summed E-state index contributed by atoms with van der Waals surface area (Å²) in [7, 11) is 0. The van der Waals surface area contributed by atoms with Crippen LogP contribution >= 0.6 is 11.6 Å². The SMILES string of the molecule is O=C(/C=C/c1cccc(Cl)c1)N1CCC[C@@H](N2CCN(c3ccccc3)CC2)C1. The third-order valence-electron chi connectivity index (χ3n) is 5.93. The van der Waals surface area contributed by atoms with Gasteiger partial charge in [0.15, 0.2) is 0 Å². The molecular formula is C24H28ClN3O. The Hall–Kier alpha value is -2.30. The summed E-state index contributed by atoms with van der Waals surface area (Å²) in [5.74, 6) is 0.0950. The van der Waals surface area contributed by atoms with Crippen molar-refractivity contribution in [2.24, 2.45) is 0 Å². The predicted octanol–water partition coefficient (Wildman–Crippen LogP) is 4.17. The Labute approximate surface area is 178 Å². The van der Waals surface area contributed by atoms with Gasteiger partial charge >= 0.3 is 0 Å². The number of nitrogens with zero attached hydrogens (tertiary/aromatic N) is 3. The van der Waals surface area contributed by atoms with Gasteiger partial charge in [-0.1, -0.05) is 41.9 Å². The highest BCUT2D eigenvalue weighted by Gasteiger charge is 2.29. The molecule has 29 heavy (non-hydrogen) atoms. The fourth-order valence-corrected chi connectivity index (χ4v) is 4.52. The molecular weight excluding hydrogens is 382 g/mol. The van der Waals surface area contributed by atoms with Crippen LogP contribution in [-0.2, 0) is 4.79 Å². The number of anilines is 1. The summed E-state index contributed by atoms with van der Waals surface area (Å²) in [6.07, 6.45) is 5.78. The molecule has 0 unspecified atom stereocenters. The van der Waals surface area contributed by atoms with Gasteiger partial charge in [-0.2, -0.15) is 0 Å². The molecule has 0 N–H and O–H groups in total. The Kier molecular flexibility index (Phi) is 6.53. The van der Waals surface area contributed by atoms with E-state index in [0.717, 1.165) is 51.3 Å². The lowest BCUT2D eigenvalue weighted by Gasteiger charge is -2.43. The molecule has 4 rings (SSSR count). The van der Waals surface area contributed by atoms with Crippen molar-refractivity contribution in [3.8, 4) is 0 Å². The van der Waals surface area contributed by atoms with Crippen LogP contribution in [0.25, 0.3) is 6.08 Å². The first-order valence-corrected chi connectivity index (χ1v) is 10.8. The second kappa shape index (κ2) is 9.47. The summed E-state index contributed by atoms with van der Waals surface area (Å²) in [6.45, 7) is 5.87. The van der Waals surface area contributed by atoms with Crippen molar-refractivity contribution in [3.05, 3.63) is 71.3 Å². The number of amides is 1. The van der Waals surface area contributed by atoms with Gasteiger partial charge in [-0.05, 0) is 48.7 Å². The predicted molar refractivity (Wildman–Crippen MR) is 120 cm³/mol. The highest BCUT2D eigenvalue weighted by Crippen LogP contribution is 2.21. The van der Waals surface area contributed by atoms with Crippen LogP contribution in [0.1, 0.15) is 18.4 Å². The van der Waals surface area contributed by atoms with Crippen molar-refractivity contribution in [3.63, 3.8) is 0 Å². The number of hydrogen-bond acceptors (Lipinski definition) is 3. The molecule has 0 radical (unpaired) electrons. The summed E-state index contributed by atoms with van der Waals surface area (Å²) in [5.41, 5.74) is 2.26. The minimum absolute atomic E-state index is 0.0950. The van der Waals surface area contributed by atoms with Gasteiger partial charge in [0.25, 0.3) is 0 Å². The molecule has 0 aromatic heterocycles. The zero-order chi connectivity index (χ0) is 20.1.